The molecule has 5 heteroatoms. The molecule has 1 aliphatic heterocycles. The van der Waals surface area contributed by atoms with Gasteiger partial charge in [0.15, 0.2) is 5.89 Å². The Labute approximate surface area is 168 Å². The van der Waals surface area contributed by atoms with E-state index in [2.05, 4.69) is 53.3 Å². The second kappa shape index (κ2) is 9.37. The number of likely N-dealkylation sites (tertiary alicyclic amines) is 1. The van der Waals surface area contributed by atoms with Crippen molar-refractivity contribution >= 4 is 5.91 Å². The number of hydrogen-bond acceptors (Lipinski definition) is 4. The van der Waals surface area contributed by atoms with Gasteiger partial charge in [-0.1, -0.05) is 45.0 Å². The first-order chi connectivity index (χ1) is 13.4. The summed E-state index contributed by atoms with van der Waals surface area (Å²) in [6.07, 6.45) is 3.91. The van der Waals surface area contributed by atoms with Gasteiger partial charge in [-0.15, -0.1) is 0 Å². The lowest BCUT2D eigenvalue weighted by molar-refractivity contribution is 0.0870. The molecule has 1 aliphatic rings. The SMILES string of the molecule is CCc1nc(C)c(C(=O)N[C@@H]2CCCN(Cc3ccc(CC(C)C)cc3)C2)o1. The van der Waals surface area contributed by atoms with Crippen LogP contribution in [0.25, 0.3) is 0 Å². The maximum absolute atomic E-state index is 12.6. The largest absolute Gasteiger partial charge is 0.435 e. The maximum Gasteiger partial charge on any atom is 0.289 e. The summed E-state index contributed by atoms with van der Waals surface area (Å²) in [5.74, 6) is 1.51. The van der Waals surface area contributed by atoms with Gasteiger partial charge in [-0.2, -0.15) is 0 Å². The van der Waals surface area contributed by atoms with Crippen LogP contribution in [0.3, 0.4) is 0 Å². The van der Waals surface area contributed by atoms with Crippen LogP contribution in [-0.4, -0.2) is 34.9 Å². The molecule has 5 nitrogen and oxygen atoms in total. The Balaban J connectivity index is 1.55. The zero-order chi connectivity index (χ0) is 20.1. The fraction of sp³-hybridized carbons (Fsp3) is 0.565. The average molecular weight is 384 g/mol. The smallest absolute Gasteiger partial charge is 0.289 e. The number of aromatic nitrogens is 1. The Morgan fingerprint density at radius 1 is 1.29 bits per heavy atom. The van der Waals surface area contributed by atoms with Gasteiger partial charge in [-0.3, -0.25) is 9.69 Å². The van der Waals surface area contributed by atoms with Gasteiger partial charge in [0.1, 0.15) is 0 Å². The molecule has 0 unspecified atom stereocenters. The lowest BCUT2D eigenvalue weighted by Gasteiger charge is -2.33. The van der Waals surface area contributed by atoms with Crippen LogP contribution < -0.4 is 5.32 Å². The summed E-state index contributed by atoms with van der Waals surface area (Å²) < 4.78 is 5.59. The fourth-order valence-corrected chi connectivity index (χ4v) is 3.89. The molecule has 1 aromatic heterocycles. The number of aryl methyl sites for hydroxylation is 2. The number of nitrogens with one attached hydrogen (secondary N) is 1. The fourth-order valence-electron chi connectivity index (χ4n) is 3.89. The molecule has 0 spiro atoms. The summed E-state index contributed by atoms with van der Waals surface area (Å²) in [7, 11) is 0. The molecule has 1 fully saturated rings. The first-order valence-corrected chi connectivity index (χ1v) is 10.5. The van der Waals surface area contributed by atoms with Gasteiger partial charge < -0.3 is 9.73 Å². The van der Waals surface area contributed by atoms with Crippen LogP contribution in [0.2, 0.25) is 0 Å². The molecule has 3 rings (SSSR count). The number of benzene rings is 1. The number of rotatable bonds is 7. The molecular formula is C23H33N3O2. The van der Waals surface area contributed by atoms with Crippen LogP contribution in [0.4, 0.5) is 0 Å². The third kappa shape index (κ3) is 5.44. The van der Waals surface area contributed by atoms with Gasteiger partial charge in [0.25, 0.3) is 5.91 Å². The van der Waals surface area contributed by atoms with Gasteiger partial charge in [-0.05, 0) is 49.8 Å². The van der Waals surface area contributed by atoms with E-state index in [0.717, 1.165) is 38.9 Å². The minimum Gasteiger partial charge on any atom is -0.435 e. The molecule has 2 heterocycles. The van der Waals surface area contributed by atoms with E-state index in [4.69, 9.17) is 4.42 Å². The molecule has 0 saturated carbocycles. The normalized spacial score (nSPS) is 17.8. The Morgan fingerprint density at radius 2 is 2.00 bits per heavy atom. The van der Waals surface area contributed by atoms with E-state index in [0.29, 0.717) is 29.7 Å². The summed E-state index contributed by atoms with van der Waals surface area (Å²) in [6.45, 7) is 11.2. The standard InChI is InChI=1S/C23H33N3O2/c1-5-21-24-17(4)22(28-21)23(27)25-20-7-6-12-26(15-20)14-19-10-8-18(9-11-19)13-16(2)3/h8-11,16,20H,5-7,12-15H2,1-4H3,(H,25,27)/t20-/m1/s1. The molecular weight excluding hydrogens is 350 g/mol. The predicted octanol–water partition coefficient (Wildman–Crippen LogP) is 4.14. The highest BCUT2D eigenvalue weighted by molar-refractivity contribution is 5.92. The summed E-state index contributed by atoms with van der Waals surface area (Å²) in [4.78, 5) is 19.3. The molecule has 1 aromatic carbocycles. The number of oxazole rings is 1. The average Bonchev–Trinajstić information content (AvgIpc) is 3.04. The topological polar surface area (TPSA) is 58.4 Å². The van der Waals surface area contributed by atoms with E-state index < -0.39 is 0 Å². The summed E-state index contributed by atoms with van der Waals surface area (Å²) in [6, 6.07) is 9.12. The monoisotopic (exact) mass is 383 g/mol. The van der Waals surface area contributed by atoms with Crippen molar-refractivity contribution in [2.75, 3.05) is 13.1 Å². The highest BCUT2D eigenvalue weighted by atomic mass is 16.4. The first-order valence-electron chi connectivity index (χ1n) is 10.5. The van der Waals surface area contributed by atoms with Crippen molar-refractivity contribution in [3.05, 3.63) is 52.7 Å². The molecule has 152 valence electrons. The van der Waals surface area contributed by atoms with Gasteiger partial charge in [-0.25, -0.2) is 4.98 Å². The van der Waals surface area contributed by atoms with Crippen molar-refractivity contribution in [1.82, 2.24) is 15.2 Å². The summed E-state index contributed by atoms with van der Waals surface area (Å²) in [5, 5.41) is 3.15. The van der Waals surface area contributed by atoms with Crippen molar-refractivity contribution in [2.24, 2.45) is 5.92 Å². The maximum atomic E-state index is 12.6. The van der Waals surface area contributed by atoms with Crippen LogP contribution in [0, 0.1) is 12.8 Å². The summed E-state index contributed by atoms with van der Waals surface area (Å²) in [5.41, 5.74) is 3.40. The molecule has 0 radical (unpaired) electrons. The number of piperidine rings is 1. The van der Waals surface area contributed by atoms with Crippen LogP contribution in [0.1, 0.15) is 66.9 Å². The lowest BCUT2D eigenvalue weighted by Crippen LogP contribution is -2.47. The van der Waals surface area contributed by atoms with Gasteiger partial charge in [0.2, 0.25) is 5.76 Å². The Bertz CT molecular complexity index is 780. The number of nitrogens with zero attached hydrogens (tertiary/aromatic N) is 2. The molecule has 1 amide bonds. The lowest BCUT2D eigenvalue weighted by atomic mass is 10.0. The Kier molecular flexibility index (Phi) is 6.89. The zero-order valence-corrected chi connectivity index (χ0v) is 17.6. The predicted molar refractivity (Wildman–Crippen MR) is 111 cm³/mol. The molecule has 2 aromatic rings. The Hall–Kier alpha value is -2.14. The second-order valence-corrected chi connectivity index (χ2v) is 8.34. The molecule has 1 N–H and O–H groups in total. The van der Waals surface area contributed by atoms with Crippen LogP contribution in [0.5, 0.6) is 0 Å². The van der Waals surface area contributed by atoms with Crippen molar-refractivity contribution in [1.29, 1.82) is 0 Å². The van der Waals surface area contributed by atoms with Crippen molar-refractivity contribution in [3.8, 4) is 0 Å². The van der Waals surface area contributed by atoms with Crippen molar-refractivity contribution in [2.45, 2.75) is 66.0 Å². The molecule has 1 saturated heterocycles. The van der Waals surface area contributed by atoms with Gasteiger partial charge in [0.05, 0.1) is 5.69 Å². The molecule has 0 aliphatic carbocycles. The zero-order valence-electron chi connectivity index (χ0n) is 17.6. The van der Waals surface area contributed by atoms with Crippen LogP contribution in [0.15, 0.2) is 28.7 Å². The number of carbonyl (C=O) groups is 1. The quantitative estimate of drug-likeness (QED) is 0.781. The first kappa shape index (κ1) is 20.6. The third-order valence-electron chi connectivity index (χ3n) is 5.26. The van der Waals surface area contributed by atoms with E-state index in [1.54, 1.807) is 0 Å². The van der Waals surface area contributed by atoms with Gasteiger partial charge >= 0.3 is 0 Å². The highest BCUT2D eigenvalue weighted by Crippen LogP contribution is 2.17. The van der Waals surface area contributed by atoms with Gasteiger partial charge in [0, 0.05) is 25.6 Å². The molecule has 28 heavy (non-hydrogen) atoms. The second-order valence-electron chi connectivity index (χ2n) is 8.34. The number of hydrogen-bond donors (Lipinski definition) is 1. The molecule has 1 atom stereocenters. The highest BCUT2D eigenvalue weighted by Gasteiger charge is 2.24. The molecule has 0 bridgehead atoms. The third-order valence-corrected chi connectivity index (χ3v) is 5.26. The van der Waals surface area contributed by atoms with E-state index in [1.807, 2.05) is 13.8 Å². The Morgan fingerprint density at radius 3 is 2.64 bits per heavy atom. The number of amides is 1. The van der Waals surface area contributed by atoms with E-state index in [1.165, 1.54) is 11.1 Å². The van der Waals surface area contributed by atoms with Crippen LogP contribution >= 0.6 is 0 Å². The van der Waals surface area contributed by atoms with Crippen molar-refractivity contribution in [3.63, 3.8) is 0 Å². The van der Waals surface area contributed by atoms with E-state index in [9.17, 15) is 4.79 Å². The minimum atomic E-state index is -0.144. The van der Waals surface area contributed by atoms with Crippen LogP contribution in [-0.2, 0) is 19.4 Å². The summed E-state index contributed by atoms with van der Waals surface area (Å²) >= 11 is 0. The minimum absolute atomic E-state index is 0.144. The van der Waals surface area contributed by atoms with Crippen molar-refractivity contribution < 1.29 is 9.21 Å². The van der Waals surface area contributed by atoms with E-state index >= 15 is 0 Å². The number of carbonyl (C=O) groups excluding carboxylic acids is 1. The van der Waals surface area contributed by atoms with E-state index in [-0.39, 0.29) is 11.9 Å².